The van der Waals surface area contributed by atoms with Crippen LogP contribution in [0.4, 0.5) is 0 Å². The van der Waals surface area contributed by atoms with Gasteiger partial charge in [0.25, 0.3) is 0 Å². The molecule has 0 saturated carbocycles. The topological polar surface area (TPSA) is 24.5 Å². The molecule has 1 aromatic rings. The molecule has 0 aliphatic carbocycles. The van der Waals surface area contributed by atoms with Crippen molar-refractivity contribution in [1.29, 1.82) is 0 Å². The summed E-state index contributed by atoms with van der Waals surface area (Å²) in [5, 5.41) is 3.53. The molecule has 1 aromatic carbocycles. The monoisotopic (exact) mass is 324 g/mol. The van der Waals surface area contributed by atoms with Crippen molar-refractivity contribution in [2.24, 2.45) is 0 Å². The molecular formula is C15H21BrN2O. The highest BCUT2D eigenvalue weighted by Crippen LogP contribution is 2.34. The highest BCUT2D eigenvalue weighted by Gasteiger charge is 2.25. The first-order valence-electron chi connectivity index (χ1n) is 7.05. The van der Waals surface area contributed by atoms with Gasteiger partial charge >= 0.3 is 0 Å². The summed E-state index contributed by atoms with van der Waals surface area (Å²) < 4.78 is 6.99. The lowest BCUT2D eigenvalue weighted by molar-refractivity contribution is 0.137. The smallest absolute Gasteiger partial charge is 0.127 e. The third-order valence-corrected chi connectivity index (χ3v) is 4.55. The molecule has 1 N–H and O–H groups in total. The Morgan fingerprint density at radius 2 is 2.26 bits per heavy atom. The number of hydrogen-bond donors (Lipinski definition) is 1. The summed E-state index contributed by atoms with van der Waals surface area (Å²) in [5.41, 5.74) is 2.67. The van der Waals surface area contributed by atoms with Crippen molar-refractivity contribution >= 4 is 15.9 Å². The molecule has 1 saturated heterocycles. The molecule has 2 unspecified atom stereocenters. The maximum Gasteiger partial charge on any atom is 0.127 e. The molecule has 3 rings (SSSR count). The van der Waals surface area contributed by atoms with Crippen molar-refractivity contribution in [2.75, 3.05) is 19.7 Å². The SMILES string of the molecule is CC1CN(Cc2cc(Br)cc3c2OCC3)C(C)CN1. The second-order valence-corrected chi connectivity index (χ2v) is 6.66. The largest absolute Gasteiger partial charge is 0.493 e. The lowest BCUT2D eigenvalue weighted by atomic mass is 10.1. The summed E-state index contributed by atoms with van der Waals surface area (Å²) in [6.45, 7) is 8.51. The van der Waals surface area contributed by atoms with E-state index in [1.54, 1.807) is 0 Å². The Morgan fingerprint density at radius 1 is 1.42 bits per heavy atom. The van der Waals surface area contributed by atoms with E-state index in [9.17, 15) is 0 Å². The van der Waals surface area contributed by atoms with Crippen LogP contribution in [0.1, 0.15) is 25.0 Å². The van der Waals surface area contributed by atoms with Crippen molar-refractivity contribution in [3.8, 4) is 5.75 Å². The predicted octanol–water partition coefficient (Wildman–Crippen LogP) is 2.57. The maximum absolute atomic E-state index is 5.83. The predicted molar refractivity (Wildman–Crippen MR) is 80.7 cm³/mol. The fourth-order valence-electron chi connectivity index (χ4n) is 3.00. The number of fused-ring (bicyclic) bond motifs is 1. The summed E-state index contributed by atoms with van der Waals surface area (Å²) in [4.78, 5) is 2.55. The lowest BCUT2D eigenvalue weighted by Gasteiger charge is -2.37. The minimum absolute atomic E-state index is 0.567. The van der Waals surface area contributed by atoms with Gasteiger partial charge < -0.3 is 10.1 Å². The second-order valence-electron chi connectivity index (χ2n) is 5.74. The van der Waals surface area contributed by atoms with E-state index in [2.05, 4.69) is 52.1 Å². The van der Waals surface area contributed by atoms with Crippen molar-refractivity contribution in [1.82, 2.24) is 10.2 Å². The number of piperazine rings is 1. The molecule has 0 aromatic heterocycles. The standard InChI is InChI=1S/C15H21BrN2O/c1-10-8-18(11(2)7-17-10)9-13-6-14(16)5-12-3-4-19-15(12)13/h5-6,10-11,17H,3-4,7-9H2,1-2H3. The minimum atomic E-state index is 0.567. The van der Waals surface area contributed by atoms with E-state index < -0.39 is 0 Å². The van der Waals surface area contributed by atoms with Crippen LogP contribution in [-0.2, 0) is 13.0 Å². The average molecular weight is 325 g/mol. The van der Waals surface area contributed by atoms with E-state index in [0.717, 1.165) is 38.4 Å². The van der Waals surface area contributed by atoms with Crippen molar-refractivity contribution < 1.29 is 4.74 Å². The first-order chi connectivity index (χ1) is 9.13. The zero-order valence-corrected chi connectivity index (χ0v) is 13.2. The van der Waals surface area contributed by atoms with Crippen LogP contribution in [0.3, 0.4) is 0 Å². The third-order valence-electron chi connectivity index (χ3n) is 4.09. The maximum atomic E-state index is 5.83. The molecule has 4 heteroatoms. The van der Waals surface area contributed by atoms with Gasteiger partial charge in [0.15, 0.2) is 0 Å². The van der Waals surface area contributed by atoms with Crippen molar-refractivity contribution in [2.45, 2.75) is 38.9 Å². The molecule has 104 valence electrons. The van der Waals surface area contributed by atoms with Crippen molar-refractivity contribution in [3.05, 3.63) is 27.7 Å². The Kier molecular flexibility index (Phi) is 3.83. The molecule has 1 fully saturated rings. The quantitative estimate of drug-likeness (QED) is 0.904. The number of nitrogens with one attached hydrogen (secondary N) is 1. The number of rotatable bonds is 2. The van der Waals surface area contributed by atoms with E-state index in [0.29, 0.717) is 12.1 Å². The highest BCUT2D eigenvalue weighted by molar-refractivity contribution is 9.10. The van der Waals surface area contributed by atoms with Crippen molar-refractivity contribution in [3.63, 3.8) is 0 Å². The molecule has 2 aliphatic heterocycles. The Balaban J connectivity index is 1.83. The van der Waals surface area contributed by atoms with Gasteiger partial charge in [0.2, 0.25) is 0 Å². The second kappa shape index (κ2) is 5.43. The molecular weight excluding hydrogens is 304 g/mol. The molecule has 2 heterocycles. The average Bonchev–Trinajstić information content (AvgIpc) is 2.82. The summed E-state index contributed by atoms with van der Waals surface area (Å²) in [7, 11) is 0. The van der Waals surface area contributed by atoms with Gasteiger partial charge in [-0.3, -0.25) is 4.90 Å². The normalized spacial score (nSPS) is 27.1. The number of ether oxygens (including phenoxy) is 1. The summed E-state index contributed by atoms with van der Waals surface area (Å²) in [5.74, 6) is 1.13. The molecule has 2 aliphatic rings. The van der Waals surface area contributed by atoms with E-state index in [1.165, 1.54) is 15.6 Å². The fourth-order valence-corrected chi connectivity index (χ4v) is 3.55. The van der Waals surface area contributed by atoms with Gasteiger partial charge in [-0.1, -0.05) is 15.9 Å². The summed E-state index contributed by atoms with van der Waals surface area (Å²) >= 11 is 3.62. The number of halogens is 1. The van der Waals surface area contributed by atoms with Crippen LogP contribution in [0.25, 0.3) is 0 Å². The fraction of sp³-hybridized carbons (Fsp3) is 0.600. The lowest BCUT2D eigenvalue weighted by Crippen LogP contribution is -2.53. The Labute approximate surface area is 123 Å². The third kappa shape index (κ3) is 2.81. The summed E-state index contributed by atoms with van der Waals surface area (Å²) in [6.07, 6.45) is 1.04. The molecule has 3 nitrogen and oxygen atoms in total. The van der Waals surface area contributed by atoms with Gasteiger partial charge in [-0.25, -0.2) is 0 Å². The van der Waals surface area contributed by atoms with Crippen LogP contribution in [0, 0.1) is 0 Å². The van der Waals surface area contributed by atoms with Gasteiger partial charge in [-0.2, -0.15) is 0 Å². The first kappa shape index (κ1) is 13.4. The molecule has 19 heavy (non-hydrogen) atoms. The Bertz CT molecular complexity index is 477. The van der Waals surface area contributed by atoms with E-state index in [4.69, 9.17) is 4.74 Å². The van der Waals surface area contributed by atoms with Crippen LogP contribution < -0.4 is 10.1 Å². The van der Waals surface area contributed by atoms with Gasteiger partial charge in [0, 0.05) is 48.2 Å². The van der Waals surface area contributed by atoms with Crippen LogP contribution >= 0.6 is 15.9 Å². The summed E-state index contributed by atoms with van der Waals surface area (Å²) in [6, 6.07) is 5.55. The van der Waals surface area contributed by atoms with Crippen LogP contribution in [0.5, 0.6) is 5.75 Å². The Hall–Kier alpha value is -0.580. The minimum Gasteiger partial charge on any atom is -0.493 e. The van der Waals surface area contributed by atoms with Gasteiger partial charge in [-0.05, 0) is 31.5 Å². The first-order valence-corrected chi connectivity index (χ1v) is 7.84. The molecule has 2 atom stereocenters. The zero-order chi connectivity index (χ0) is 13.4. The Morgan fingerprint density at radius 3 is 3.11 bits per heavy atom. The highest BCUT2D eigenvalue weighted by atomic mass is 79.9. The van der Waals surface area contributed by atoms with Gasteiger partial charge in [0.05, 0.1) is 6.61 Å². The van der Waals surface area contributed by atoms with Gasteiger partial charge in [-0.15, -0.1) is 0 Å². The number of benzene rings is 1. The molecule has 0 radical (unpaired) electrons. The molecule has 0 bridgehead atoms. The van der Waals surface area contributed by atoms with Crippen LogP contribution in [-0.4, -0.2) is 36.7 Å². The van der Waals surface area contributed by atoms with Gasteiger partial charge in [0.1, 0.15) is 5.75 Å². The van der Waals surface area contributed by atoms with Crippen LogP contribution in [0.15, 0.2) is 16.6 Å². The van der Waals surface area contributed by atoms with E-state index in [1.807, 2.05) is 0 Å². The number of hydrogen-bond acceptors (Lipinski definition) is 3. The number of nitrogens with zero attached hydrogens (tertiary/aromatic N) is 1. The zero-order valence-electron chi connectivity index (χ0n) is 11.6. The van der Waals surface area contributed by atoms with E-state index >= 15 is 0 Å². The molecule has 0 spiro atoms. The van der Waals surface area contributed by atoms with E-state index in [-0.39, 0.29) is 0 Å². The van der Waals surface area contributed by atoms with Crippen LogP contribution in [0.2, 0.25) is 0 Å². The molecule has 0 amide bonds.